The van der Waals surface area contributed by atoms with Crippen LogP contribution in [0.25, 0.3) is 9.40 Å². The smallest absolute Gasteiger partial charge is 0.0453 e. The first-order valence-electron chi connectivity index (χ1n) is 6.24. The average Bonchev–Trinajstić information content (AvgIpc) is 2.91. The SMILES string of the molecule is CC(CNC1CC1)NCc1cc2sccc2s1. The minimum Gasteiger partial charge on any atom is -0.312 e. The van der Waals surface area contributed by atoms with Gasteiger partial charge in [0.05, 0.1) is 0 Å². The molecule has 1 aliphatic carbocycles. The predicted molar refractivity (Wildman–Crippen MR) is 77.0 cm³/mol. The van der Waals surface area contributed by atoms with Crippen LogP contribution in [0.15, 0.2) is 17.5 Å². The Bertz CT molecular complexity index is 456. The van der Waals surface area contributed by atoms with Crippen molar-refractivity contribution >= 4 is 32.1 Å². The van der Waals surface area contributed by atoms with Crippen LogP contribution in [0.4, 0.5) is 0 Å². The van der Waals surface area contributed by atoms with Crippen molar-refractivity contribution in [2.75, 3.05) is 6.54 Å². The summed E-state index contributed by atoms with van der Waals surface area (Å²) in [6.07, 6.45) is 2.74. The molecule has 2 aromatic rings. The van der Waals surface area contributed by atoms with Gasteiger partial charge in [0.2, 0.25) is 0 Å². The molecule has 0 bridgehead atoms. The summed E-state index contributed by atoms with van der Waals surface area (Å²) >= 11 is 3.75. The molecule has 0 aliphatic heterocycles. The van der Waals surface area contributed by atoms with Gasteiger partial charge < -0.3 is 10.6 Å². The van der Waals surface area contributed by atoms with Crippen molar-refractivity contribution in [3.63, 3.8) is 0 Å². The first-order valence-corrected chi connectivity index (χ1v) is 7.93. The molecule has 1 atom stereocenters. The number of rotatable bonds is 6. The summed E-state index contributed by atoms with van der Waals surface area (Å²) in [5.41, 5.74) is 0. The molecular formula is C13H18N2S2. The van der Waals surface area contributed by atoms with Crippen molar-refractivity contribution < 1.29 is 0 Å². The van der Waals surface area contributed by atoms with Crippen molar-refractivity contribution in [1.82, 2.24) is 10.6 Å². The molecule has 0 radical (unpaired) electrons. The minimum atomic E-state index is 0.552. The second-order valence-electron chi connectivity index (χ2n) is 4.83. The van der Waals surface area contributed by atoms with Gasteiger partial charge in [-0.1, -0.05) is 0 Å². The van der Waals surface area contributed by atoms with E-state index in [1.807, 2.05) is 22.7 Å². The van der Waals surface area contributed by atoms with E-state index in [2.05, 4.69) is 35.1 Å². The third-order valence-corrected chi connectivity index (χ3v) is 5.20. The lowest BCUT2D eigenvalue weighted by Gasteiger charge is -2.13. The Morgan fingerprint density at radius 2 is 2.29 bits per heavy atom. The normalized spacial score (nSPS) is 17.7. The Kier molecular flexibility index (Phi) is 3.47. The molecule has 0 spiro atoms. The van der Waals surface area contributed by atoms with Crippen LogP contribution in [0.3, 0.4) is 0 Å². The minimum absolute atomic E-state index is 0.552. The van der Waals surface area contributed by atoms with Gasteiger partial charge in [0, 0.05) is 39.5 Å². The number of hydrogen-bond donors (Lipinski definition) is 2. The fraction of sp³-hybridized carbons (Fsp3) is 0.538. The highest BCUT2D eigenvalue weighted by molar-refractivity contribution is 7.26. The first kappa shape index (κ1) is 11.7. The highest BCUT2D eigenvalue weighted by atomic mass is 32.1. The fourth-order valence-corrected chi connectivity index (χ4v) is 3.97. The standard InChI is InChI=1S/C13H18N2S2/c1-9(7-15-10-2-3-10)14-8-11-6-13-12(17-11)4-5-16-13/h4-6,9-10,14-15H,2-3,7-8H2,1H3. The maximum absolute atomic E-state index is 3.59. The number of fused-ring (bicyclic) bond motifs is 1. The molecule has 1 fully saturated rings. The second kappa shape index (κ2) is 5.06. The van der Waals surface area contributed by atoms with Crippen molar-refractivity contribution in [2.45, 2.75) is 38.4 Å². The Labute approximate surface area is 110 Å². The van der Waals surface area contributed by atoms with E-state index in [1.54, 1.807) is 0 Å². The molecule has 0 amide bonds. The van der Waals surface area contributed by atoms with Gasteiger partial charge in [-0.15, -0.1) is 22.7 Å². The molecular weight excluding hydrogens is 248 g/mol. The lowest BCUT2D eigenvalue weighted by molar-refractivity contribution is 0.502. The zero-order valence-electron chi connectivity index (χ0n) is 10.0. The summed E-state index contributed by atoms with van der Waals surface area (Å²) in [4.78, 5) is 1.45. The molecule has 4 heteroatoms. The van der Waals surface area contributed by atoms with Crippen LogP contribution in [0.5, 0.6) is 0 Å². The molecule has 1 saturated carbocycles. The average molecular weight is 266 g/mol. The van der Waals surface area contributed by atoms with Gasteiger partial charge in [-0.05, 0) is 37.3 Å². The molecule has 2 heterocycles. The maximum Gasteiger partial charge on any atom is 0.0453 e. The van der Waals surface area contributed by atoms with Gasteiger partial charge in [-0.25, -0.2) is 0 Å². The van der Waals surface area contributed by atoms with Crippen LogP contribution in [0, 0.1) is 0 Å². The monoisotopic (exact) mass is 266 g/mol. The molecule has 2 aromatic heterocycles. The van der Waals surface area contributed by atoms with Crippen molar-refractivity contribution in [1.29, 1.82) is 0 Å². The number of thiophene rings is 2. The van der Waals surface area contributed by atoms with Gasteiger partial charge in [0.1, 0.15) is 0 Å². The third-order valence-electron chi connectivity index (χ3n) is 3.11. The molecule has 0 saturated heterocycles. The van der Waals surface area contributed by atoms with Crippen LogP contribution in [0.2, 0.25) is 0 Å². The Morgan fingerprint density at radius 1 is 1.41 bits per heavy atom. The summed E-state index contributed by atoms with van der Waals surface area (Å²) in [5.74, 6) is 0. The van der Waals surface area contributed by atoms with Crippen molar-refractivity contribution in [3.05, 3.63) is 22.4 Å². The molecule has 17 heavy (non-hydrogen) atoms. The topological polar surface area (TPSA) is 24.1 Å². The van der Waals surface area contributed by atoms with Gasteiger partial charge in [0.15, 0.2) is 0 Å². The summed E-state index contributed by atoms with van der Waals surface area (Å²) in [6.45, 7) is 4.34. The Morgan fingerprint density at radius 3 is 3.06 bits per heavy atom. The van der Waals surface area contributed by atoms with E-state index in [0.29, 0.717) is 6.04 Å². The summed E-state index contributed by atoms with van der Waals surface area (Å²) in [6, 6.07) is 5.90. The molecule has 1 unspecified atom stereocenters. The van der Waals surface area contributed by atoms with E-state index in [-0.39, 0.29) is 0 Å². The Hall–Kier alpha value is -0.420. The van der Waals surface area contributed by atoms with Crippen molar-refractivity contribution in [2.24, 2.45) is 0 Å². The molecule has 92 valence electrons. The van der Waals surface area contributed by atoms with Crippen LogP contribution < -0.4 is 10.6 Å². The lowest BCUT2D eigenvalue weighted by atomic mass is 10.3. The van der Waals surface area contributed by atoms with Gasteiger partial charge in [-0.2, -0.15) is 0 Å². The summed E-state index contributed by atoms with van der Waals surface area (Å²) < 4.78 is 2.85. The number of nitrogens with one attached hydrogen (secondary N) is 2. The molecule has 1 aliphatic rings. The highest BCUT2D eigenvalue weighted by Gasteiger charge is 2.20. The van der Waals surface area contributed by atoms with E-state index in [4.69, 9.17) is 0 Å². The Balaban J connectivity index is 1.47. The zero-order valence-corrected chi connectivity index (χ0v) is 11.7. The van der Waals surface area contributed by atoms with Gasteiger partial charge >= 0.3 is 0 Å². The van der Waals surface area contributed by atoms with E-state index in [0.717, 1.165) is 19.1 Å². The molecule has 0 aromatic carbocycles. The predicted octanol–water partition coefficient (Wildman–Crippen LogP) is 3.19. The maximum atomic E-state index is 3.59. The van der Waals surface area contributed by atoms with Crippen LogP contribution in [-0.2, 0) is 6.54 Å². The van der Waals surface area contributed by atoms with Crippen molar-refractivity contribution in [3.8, 4) is 0 Å². The third kappa shape index (κ3) is 3.07. The highest BCUT2D eigenvalue weighted by Crippen LogP contribution is 2.29. The van der Waals surface area contributed by atoms with E-state index in [9.17, 15) is 0 Å². The summed E-state index contributed by atoms with van der Waals surface area (Å²) in [5, 5.41) is 9.31. The fourth-order valence-electron chi connectivity index (χ4n) is 1.88. The first-order chi connectivity index (χ1) is 8.31. The zero-order chi connectivity index (χ0) is 11.7. The molecule has 3 rings (SSSR count). The van der Waals surface area contributed by atoms with Crippen LogP contribution >= 0.6 is 22.7 Å². The van der Waals surface area contributed by atoms with Crippen LogP contribution in [0.1, 0.15) is 24.6 Å². The second-order valence-corrected chi connectivity index (χ2v) is 6.94. The lowest BCUT2D eigenvalue weighted by Crippen LogP contribution is -2.36. The van der Waals surface area contributed by atoms with E-state index >= 15 is 0 Å². The largest absolute Gasteiger partial charge is 0.312 e. The number of hydrogen-bond acceptors (Lipinski definition) is 4. The van der Waals surface area contributed by atoms with E-state index < -0.39 is 0 Å². The van der Waals surface area contributed by atoms with Gasteiger partial charge in [-0.3, -0.25) is 0 Å². The molecule has 2 N–H and O–H groups in total. The van der Waals surface area contributed by atoms with E-state index in [1.165, 1.54) is 27.1 Å². The van der Waals surface area contributed by atoms with Gasteiger partial charge in [0.25, 0.3) is 0 Å². The summed E-state index contributed by atoms with van der Waals surface area (Å²) in [7, 11) is 0. The quantitative estimate of drug-likeness (QED) is 0.839. The van der Waals surface area contributed by atoms with Crippen LogP contribution in [-0.4, -0.2) is 18.6 Å². The molecule has 2 nitrogen and oxygen atoms in total.